The van der Waals surface area contributed by atoms with Gasteiger partial charge >= 0.3 is 0 Å². The number of nitrogens with zero attached hydrogens (tertiary/aromatic N) is 3. The van der Waals surface area contributed by atoms with Crippen LogP contribution in [0.3, 0.4) is 0 Å². The van der Waals surface area contributed by atoms with Crippen molar-refractivity contribution in [3.05, 3.63) is 128 Å². The third kappa shape index (κ3) is 6.72. The molecule has 47 heavy (non-hydrogen) atoms. The zero-order chi connectivity index (χ0) is 33.1. The van der Waals surface area contributed by atoms with Gasteiger partial charge < -0.3 is 4.90 Å². The van der Waals surface area contributed by atoms with Crippen LogP contribution >= 0.6 is 22.9 Å². The highest BCUT2D eigenvalue weighted by atomic mass is 35.5. The molecule has 0 saturated carbocycles. The van der Waals surface area contributed by atoms with Gasteiger partial charge in [0.25, 0.3) is 11.5 Å². The normalized spacial score (nSPS) is 14.9. The van der Waals surface area contributed by atoms with Crippen LogP contribution in [0.2, 0.25) is 5.02 Å². The summed E-state index contributed by atoms with van der Waals surface area (Å²) >= 11 is 7.59. The van der Waals surface area contributed by atoms with Crippen molar-refractivity contribution in [1.82, 2.24) is 14.5 Å². The van der Waals surface area contributed by atoms with Gasteiger partial charge in [-0.1, -0.05) is 100.0 Å². The highest BCUT2D eigenvalue weighted by molar-refractivity contribution is 7.13. The molecule has 3 aromatic carbocycles. The number of benzene rings is 3. The van der Waals surface area contributed by atoms with E-state index in [1.807, 2.05) is 63.4 Å². The fourth-order valence-electron chi connectivity index (χ4n) is 6.82. The summed E-state index contributed by atoms with van der Waals surface area (Å²) in [4.78, 5) is 36.9. The number of halogens is 1. The van der Waals surface area contributed by atoms with Crippen LogP contribution in [0.15, 0.2) is 89.0 Å². The van der Waals surface area contributed by atoms with Crippen LogP contribution in [0.25, 0.3) is 27.5 Å². The number of carbonyl (C=O) groups excluding carboxylic acids is 1. The third-order valence-corrected chi connectivity index (χ3v) is 10.3. The van der Waals surface area contributed by atoms with Crippen LogP contribution in [0, 0.1) is 5.92 Å². The summed E-state index contributed by atoms with van der Waals surface area (Å²) in [5.41, 5.74) is 7.62. The molecule has 0 radical (unpaired) electrons. The Labute approximate surface area is 286 Å². The van der Waals surface area contributed by atoms with Crippen LogP contribution in [0.4, 0.5) is 0 Å². The van der Waals surface area contributed by atoms with Gasteiger partial charge in [-0.3, -0.25) is 14.2 Å². The minimum Gasteiger partial charge on any atom is -0.332 e. The summed E-state index contributed by atoms with van der Waals surface area (Å²) in [5.74, 6) is 0.199. The van der Waals surface area contributed by atoms with Gasteiger partial charge in [0.15, 0.2) is 0 Å². The van der Waals surface area contributed by atoms with Gasteiger partial charge in [0, 0.05) is 28.2 Å². The van der Waals surface area contributed by atoms with Gasteiger partial charge in [0.1, 0.15) is 5.01 Å². The Bertz CT molecular complexity index is 1910. The molecular weight excluding hydrogens is 622 g/mol. The van der Waals surface area contributed by atoms with E-state index >= 15 is 4.79 Å². The number of amides is 1. The Morgan fingerprint density at radius 1 is 0.957 bits per heavy atom. The maximum absolute atomic E-state index is 15.0. The monoisotopic (exact) mass is 663 g/mol. The lowest BCUT2D eigenvalue weighted by atomic mass is 9.92. The summed E-state index contributed by atoms with van der Waals surface area (Å²) < 4.78 is 1.88. The average molecular weight is 664 g/mol. The van der Waals surface area contributed by atoms with Crippen molar-refractivity contribution in [3.63, 3.8) is 0 Å². The Balaban J connectivity index is 1.61. The molecule has 0 aliphatic carbocycles. The second kappa shape index (κ2) is 14.4. The second-order valence-electron chi connectivity index (χ2n) is 12.8. The summed E-state index contributed by atoms with van der Waals surface area (Å²) in [6.07, 6.45) is 5.07. The third-order valence-electron chi connectivity index (χ3n) is 9.15. The lowest BCUT2D eigenvalue weighted by molar-refractivity contribution is 0.0609. The number of pyridine rings is 1. The zero-order valence-electron chi connectivity index (χ0n) is 27.6. The van der Waals surface area contributed by atoms with Gasteiger partial charge in [-0.25, -0.2) is 4.98 Å². The lowest BCUT2D eigenvalue weighted by Gasteiger charge is -2.37. The molecule has 1 aliphatic heterocycles. The quantitative estimate of drug-likeness (QED) is 0.158. The molecule has 1 atom stereocenters. The Hall–Kier alpha value is -4.00. The number of thiazole rings is 1. The summed E-state index contributed by atoms with van der Waals surface area (Å²) in [6.45, 7) is 9.22. The predicted molar refractivity (Wildman–Crippen MR) is 195 cm³/mol. The number of carbonyl (C=O) groups is 1. The largest absolute Gasteiger partial charge is 0.332 e. The Morgan fingerprint density at radius 2 is 1.66 bits per heavy atom. The first-order chi connectivity index (χ1) is 22.8. The van der Waals surface area contributed by atoms with Gasteiger partial charge in [-0.05, 0) is 79.3 Å². The van der Waals surface area contributed by atoms with E-state index in [-0.39, 0.29) is 23.4 Å². The van der Waals surface area contributed by atoms with Gasteiger partial charge in [-0.15, -0.1) is 11.3 Å². The summed E-state index contributed by atoms with van der Waals surface area (Å²) in [5, 5.41) is 3.23. The fourth-order valence-corrected chi connectivity index (χ4v) is 7.78. The average Bonchev–Trinajstić information content (AvgIpc) is 3.58. The molecule has 1 aliphatic rings. The topological polar surface area (TPSA) is 55.2 Å². The van der Waals surface area contributed by atoms with E-state index in [0.29, 0.717) is 34.1 Å². The maximum atomic E-state index is 15.0. The highest BCUT2D eigenvalue weighted by Crippen LogP contribution is 2.36. The number of aryl methyl sites for hydroxylation is 2. The fraction of sp³-hybridized carbons (Fsp3) is 0.325. The molecule has 0 bridgehead atoms. The molecule has 1 saturated heterocycles. The van der Waals surface area contributed by atoms with Gasteiger partial charge in [0.05, 0.1) is 28.6 Å². The van der Waals surface area contributed by atoms with E-state index in [0.717, 1.165) is 71.4 Å². The molecule has 0 spiro atoms. The van der Waals surface area contributed by atoms with Crippen LogP contribution in [-0.4, -0.2) is 26.9 Å². The first kappa shape index (κ1) is 32.9. The molecule has 7 heteroatoms. The molecule has 0 N–H and O–H groups in total. The first-order valence-corrected chi connectivity index (χ1v) is 18.0. The second-order valence-corrected chi connectivity index (χ2v) is 14.0. The molecule has 6 rings (SSSR count). The molecule has 2 aromatic heterocycles. The number of hydrogen-bond donors (Lipinski definition) is 0. The molecule has 3 heterocycles. The Kier molecular flexibility index (Phi) is 10.1. The summed E-state index contributed by atoms with van der Waals surface area (Å²) in [6, 6.07) is 26.0. The van der Waals surface area contributed by atoms with Crippen molar-refractivity contribution >= 4 is 28.8 Å². The smallest absolute Gasteiger partial charge is 0.265 e. The first-order valence-electron chi connectivity index (χ1n) is 16.8. The predicted octanol–water partition coefficient (Wildman–Crippen LogP) is 9.97. The molecule has 1 amide bonds. The molecular formula is C40H42ClN3O2S. The van der Waals surface area contributed by atoms with Crippen molar-refractivity contribution in [3.8, 4) is 27.5 Å². The molecule has 5 nitrogen and oxygen atoms in total. The number of rotatable bonds is 9. The zero-order valence-corrected chi connectivity index (χ0v) is 29.2. The lowest BCUT2D eigenvalue weighted by Crippen LogP contribution is -2.40. The van der Waals surface area contributed by atoms with Gasteiger partial charge in [-0.2, -0.15) is 0 Å². The number of aromatic nitrogens is 2. The van der Waals surface area contributed by atoms with Crippen molar-refractivity contribution in [1.29, 1.82) is 0 Å². The summed E-state index contributed by atoms with van der Waals surface area (Å²) in [7, 11) is 0. The minimum absolute atomic E-state index is 0.0151. The SMILES string of the molecule is CCc1cccc(CC)c1-n1c(CC(C)C)c(C(=O)N2CCCCC2c2ccccc2)cc(-c2nc(-c3ccc(Cl)cc3)cs2)c1=O. The minimum atomic E-state index is -0.136. The van der Waals surface area contributed by atoms with E-state index in [1.54, 1.807) is 0 Å². The number of para-hydroxylation sites is 1. The van der Waals surface area contributed by atoms with Crippen LogP contribution < -0.4 is 5.56 Å². The van der Waals surface area contributed by atoms with Crippen molar-refractivity contribution < 1.29 is 4.79 Å². The van der Waals surface area contributed by atoms with E-state index in [9.17, 15) is 4.79 Å². The van der Waals surface area contributed by atoms with Crippen LogP contribution in [-0.2, 0) is 19.3 Å². The van der Waals surface area contributed by atoms with Crippen LogP contribution in [0.5, 0.6) is 0 Å². The van der Waals surface area contributed by atoms with Gasteiger partial charge in [0.2, 0.25) is 0 Å². The highest BCUT2D eigenvalue weighted by Gasteiger charge is 2.33. The van der Waals surface area contributed by atoms with Crippen molar-refractivity contribution in [2.24, 2.45) is 5.92 Å². The van der Waals surface area contributed by atoms with Crippen molar-refractivity contribution in [2.75, 3.05) is 6.54 Å². The number of hydrogen-bond acceptors (Lipinski definition) is 4. The number of piperidine rings is 1. The van der Waals surface area contributed by atoms with E-state index in [4.69, 9.17) is 16.6 Å². The Morgan fingerprint density at radius 3 is 2.32 bits per heavy atom. The van der Waals surface area contributed by atoms with Crippen LogP contribution in [0.1, 0.15) is 85.7 Å². The van der Waals surface area contributed by atoms with Crippen molar-refractivity contribution in [2.45, 2.75) is 72.3 Å². The number of likely N-dealkylation sites (tertiary alicyclic amines) is 1. The molecule has 1 fully saturated rings. The molecule has 1 unspecified atom stereocenters. The van der Waals surface area contributed by atoms with E-state index in [1.165, 1.54) is 11.3 Å². The van der Waals surface area contributed by atoms with E-state index < -0.39 is 0 Å². The standard InChI is InChI=1S/C40H42ClN3O2S/c1-5-27-15-12-16-28(6-2)37(27)44-36(23-26(3)4)32(39(45)43-22-11-10-17-35(43)30-13-8-7-9-14-30)24-33(40(44)46)38-42-34(25-47-38)29-18-20-31(41)21-19-29/h7-9,12-16,18-21,24-26,35H,5-6,10-11,17,22-23H2,1-4H3. The molecule has 5 aromatic rings. The molecule has 242 valence electrons. The van der Waals surface area contributed by atoms with E-state index in [2.05, 4.69) is 58.0 Å². The maximum Gasteiger partial charge on any atom is 0.265 e.